The van der Waals surface area contributed by atoms with Crippen molar-refractivity contribution in [3.05, 3.63) is 171 Å². The Kier molecular flexibility index (Phi) is 9.59. The Morgan fingerprint density at radius 2 is 0.841 bits per heavy atom. The van der Waals surface area contributed by atoms with Gasteiger partial charge in [0.25, 0.3) is 0 Å². The van der Waals surface area contributed by atoms with Crippen molar-refractivity contribution in [1.29, 1.82) is 0 Å². The third-order valence-electron chi connectivity index (χ3n) is 6.56. The molecule has 0 saturated carbocycles. The minimum absolute atomic E-state index is 0.239. The van der Waals surface area contributed by atoms with E-state index in [-0.39, 0.29) is 11.4 Å². The number of carbonyl (C=O) groups excluding carboxylic acids is 4. The van der Waals surface area contributed by atoms with Gasteiger partial charge < -0.3 is 9.47 Å². The first-order chi connectivity index (χ1) is 21.3. The van der Waals surface area contributed by atoms with Crippen LogP contribution in [0, 0.1) is 0 Å². The third-order valence-corrected chi connectivity index (χ3v) is 7.06. The fraction of sp³-hybridized carbons (Fsp3) is 0.0571. The van der Waals surface area contributed by atoms with Gasteiger partial charge in [-0.3, -0.25) is 9.59 Å². The number of pyridine rings is 1. The summed E-state index contributed by atoms with van der Waals surface area (Å²) in [6.45, 7) is 0. The highest BCUT2D eigenvalue weighted by Crippen LogP contribution is 2.27. The molecule has 1 aromatic heterocycles. The van der Waals surface area contributed by atoms with E-state index < -0.39 is 35.7 Å². The Bertz CT molecular complexity index is 1660. The second kappa shape index (κ2) is 13.9. The third kappa shape index (κ3) is 7.26. The molecular weight excluding hydrogens is 601 g/mol. The van der Waals surface area contributed by atoms with Crippen molar-refractivity contribution in [2.75, 3.05) is 0 Å². The summed E-state index contributed by atoms with van der Waals surface area (Å²) >= 11 is 12.0. The van der Waals surface area contributed by atoms with E-state index >= 15 is 0 Å². The zero-order chi connectivity index (χ0) is 31.1. The number of benzene rings is 4. The molecule has 0 unspecified atom stereocenters. The number of carbonyl (C=O) groups is 4. The number of esters is 2. The lowest BCUT2D eigenvalue weighted by Crippen LogP contribution is -2.23. The first-order valence-electron chi connectivity index (χ1n) is 13.4. The molecule has 7 nitrogen and oxygen atoms in total. The molecule has 0 fully saturated rings. The van der Waals surface area contributed by atoms with Gasteiger partial charge in [-0.05, 0) is 36.4 Å². The molecule has 44 heavy (non-hydrogen) atoms. The standard InChI is InChI=1S/C35H23Cl2NO6/c36-26-18-14-24(15-19-26)32(30(39)22-8-3-1-4-9-22)43-34(41)28-12-7-13-29(38-28)35(42)44-33(25-16-20-27(37)21-17-25)31(40)23-10-5-2-6-11-23/h1-21,32-33H/t32-,33-/m1/s1. The minimum Gasteiger partial charge on any atom is -0.444 e. The summed E-state index contributed by atoms with van der Waals surface area (Å²) < 4.78 is 11.3. The molecule has 5 rings (SSSR count). The number of halogens is 2. The molecular formula is C35H23Cl2NO6. The Morgan fingerprint density at radius 1 is 0.477 bits per heavy atom. The molecule has 218 valence electrons. The number of ether oxygens (including phenoxy) is 2. The van der Waals surface area contributed by atoms with Crippen LogP contribution in [0.2, 0.25) is 10.0 Å². The van der Waals surface area contributed by atoms with E-state index in [1.54, 1.807) is 109 Å². The van der Waals surface area contributed by atoms with E-state index in [4.69, 9.17) is 32.7 Å². The molecule has 1 heterocycles. The Hall–Kier alpha value is -5.11. The summed E-state index contributed by atoms with van der Waals surface area (Å²) in [6.07, 6.45) is -2.62. The molecule has 9 heteroatoms. The van der Waals surface area contributed by atoms with Gasteiger partial charge in [-0.15, -0.1) is 0 Å². The van der Waals surface area contributed by atoms with Gasteiger partial charge in [0, 0.05) is 32.3 Å². The van der Waals surface area contributed by atoms with E-state index in [1.807, 2.05) is 0 Å². The molecule has 0 N–H and O–H groups in total. The van der Waals surface area contributed by atoms with E-state index in [0.29, 0.717) is 32.3 Å². The van der Waals surface area contributed by atoms with Crippen molar-refractivity contribution in [2.45, 2.75) is 12.2 Å². The maximum Gasteiger partial charge on any atom is 0.358 e. The van der Waals surface area contributed by atoms with Gasteiger partial charge in [0.1, 0.15) is 11.4 Å². The average molecular weight is 624 g/mol. The van der Waals surface area contributed by atoms with Crippen LogP contribution in [0.15, 0.2) is 127 Å². The van der Waals surface area contributed by atoms with Gasteiger partial charge in [0.05, 0.1) is 0 Å². The fourth-order valence-electron chi connectivity index (χ4n) is 4.33. The van der Waals surface area contributed by atoms with Gasteiger partial charge in [-0.25, -0.2) is 14.6 Å². The van der Waals surface area contributed by atoms with E-state index in [0.717, 1.165) is 0 Å². The number of nitrogens with zero attached hydrogens (tertiary/aromatic N) is 1. The number of rotatable bonds is 10. The fourth-order valence-corrected chi connectivity index (χ4v) is 4.58. The van der Waals surface area contributed by atoms with Crippen molar-refractivity contribution in [2.24, 2.45) is 0 Å². The predicted octanol–water partition coefficient (Wildman–Crippen LogP) is 7.95. The molecule has 0 aliphatic heterocycles. The topological polar surface area (TPSA) is 99.6 Å². The molecule has 0 aliphatic carbocycles. The van der Waals surface area contributed by atoms with Crippen molar-refractivity contribution < 1.29 is 28.7 Å². The van der Waals surface area contributed by atoms with Gasteiger partial charge in [-0.2, -0.15) is 0 Å². The number of hydrogen-bond acceptors (Lipinski definition) is 7. The summed E-state index contributed by atoms with van der Waals surface area (Å²) in [5.41, 5.74) is 0.993. The van der Waals surface area contributed by atoms with Crippen LogP contribution in [-0.4, -0.2) is 28.5 Å². The molecule has 4 aromatic carbocycles. The summed E-state index contributed by atoms with van der Waals surface area (Å²) in [5, 5.41) is 0.892. The SMILES string of the molecule is O=C(O[C@@H](C(=O)c1ccccc1)c1ccc(Cl)cc1)c1cccc(C(=O)O[C@@H](C(=O)c2ccccc2)c2ccc(Cl)cc2)n1. The van der Waals surface area contributed by atoms with Crippen molar-refractivity contribution in [1.82, 2.24) is 4.98 Å². The summed E-state index contributed by atoms with van der Waals surface area (Å²) in [6, 6.07) is 33.6. The smallest absolute Gasteiger partial charge is 0.358 e. The largest absolute Gasteiger partial charge is 0.444 e. The lowest BCUT2D eigenvalue weighted by molar-refractivity contribution is 0.0261. The average Bonchev–Trinajstić information content (AvgIpc) is 3.07. The van der Waals surface area contributed by atoms with Crippen LogP contribution < -0.4 is 0 Å². The van der Waals surface area contributed by atoms with E-state index in [1.165, 1.54) is 18.2 Å². The molecule has 0 bridgehead atoms. The zero-order valence-electron chi connectivity index (χ0n) is 22.9. The number of aromatic nitrogens is 1. The maximum absolute atomic E-state index is 13.4. The normalized spacial score (nSPS) is 12.0. The molecule has 0 aliphatic rings. The van der Waals surface area contributed by atoms with Crippen LogP contribution in [0.4, 0.5) is 0 Å². The first kappa shape index (κ1) is 30.4. The Balaban J connectivity index is 1.40. The van der Waals surface area contributed by atoms with Crippen LogP contribution in [0.25, 0.3) is 0 Å². The summed E-state index contributed by atoms with van der Waals surface area (Å²) in [5.74, 6) is -2.80. The van der Waals surface area contributed by atoms with Gasteiger partial charge in [0.2, 0.25) is 11.6 Å². The quantitative estimate of drug-likeness (QED) is 0.115. The number of Topliss-reactive ketones (excluding diaryl/α,β-unsaturated/α-hetero) is 2. The minimum atomic E-state index is -1.31. The van der Waals surface area contributed by atoms with Crippen molar-refractivity contribution >= 4 is 46.7 Å². The number of ketones is 2. The van der Waals surface area contributed by atoms with E-state index in [2.05, 4.69) is 4.98 Å². The molecule has 0 spiro atoms. The maximum atomic E-state index is 13.4. The van der Waals surface area contributed by atoms with E-state index in [9.17, 15) is 19.2 Å². The highest BCUT2D eigenvalue weighted by Gasteiger charge is 2.30. The van der Waals surface area contributed by atoms with Crippen LogP contribution in [0.5, 0.6) is 0 Å². The zero-order valence-corrected chi connectivity index (χ0v) is 24.4. The Morgan fingerprint density at radius 3 is 1.20 bits per heavy atom. The van der Waals surface area contributed by atoms with Gasteiger partial charge >= 0.3 is 11.9 Å². The second-order valence-electron chi connectivity index (χ2n) is 9.54. The van der Waals surface area contributed by atoms with Crippen LogP contribution in [-0.2, 0) is 9.47 Å². The summed E-state index contributed by atoms with van der Waals surface area (Å²) in [7, 11) is 0. The monoisotopic (exact) mass is 623 g/mol. The van der Waals surface area contributed by atoms with Crippen molar-refractivity contribution in [3.8, 4) is 0 Å². The summed E-state index contributed by atoms with van der Waals surface area (Å²) in [4.78, 5) is 57.5. The molecule has 5 aromatic rings. The second-order valence-corrected chi connectivity index (χ2v) is 10.4. The highest BCUT2D eigenvalue weighted by atomic mass is 35.5. The van der Waals surface area contributed by atoms with Crippen LogP contribution in [0.1, 0.15) is 65.0 Å². The van der Waals surface area contributed by atoms with Gasteiger partial charge in [-0.1, -0.05) is 114 Å². The number of hydrogen-bond donors (Lipinski definition) is 0. The molecule has 0 radical (unpaired) electrons. The molecule has 2 atom stereocenters. The van der Waals surface area contributed by atoms with Crippen LogP contribution in [0.3, 0.4) is 0 Å². The predicted molar refractivity (Wildman–Crippen MR) is 165 cm³/mol. The van der Waals surface area contributed by atoms with Crippen molar-refractivity contribution in [3.63, 3.8) is 0 Å². The van der Waals surface area contributed by atoms with Crippen LogP contribution >= 0.6 is 23.2 Å². The molecule has 0 saturated heterocycles. The van der Waals surface area contributed by atoms with Gasteiger partial charge in [0.15, 0.2) is 12.2 Å². The first-order valence-corrected chi connectivity index (χ1v) is 14.1. The highest BCUT2D eigenvalue weighted by molar-refractivity contribution is 6.30. The molecule has 0 amide bonds. The lowest BCUT2D eigenvalue weighted by Gasteiger charge is -2.18. The Labute approximate surface area is 263 Å². The lowest BCUT2D eigenvalue weighted by atomic mass is 10.00.